The molecule has 2 aliphatic rings. The zero-order valence-electron chi connectivity index (χ0n) is 13.1. The van der Waals surface area contributed by atoms with Crippen molar-refractivity contribution in [2.45, 2.75) is 49.7 Å². The van der Waals surface area contributed by atoms with Crippen LogP contribution in [0.4, 0.5) is 0 Å². The first-order valence-electron chi connectivity index (χ1n) is 8.43. The second kappa shape index (κ2) is 5.87. The van der Waals surface area contributed by atoms with E-state index >= 15 is 0 Å². The summed E-state index contributed by atoms with van der Waals surface area (Å²) in [4.78, 5) is 4.63. The van der Waals surface area contributed by atoms with Crippen molar-refractivity contribution < 1.29 is 8.42 Å². The first kappa shape index (κ1) is 15.1. The molecule has 7 heteroatoms. The number of sulfonamides is 1. The van der Waals surface area contributed by atoms with Crippen LogP contribution in [0.2, 0.25) is 0 Å². The lowest BCUT2D eigenvalue weighted by atomic mass is 9.95. The van der Waals surface area contributed by atoms with Crippen molar-refractivity contribution in [3.05, 3.63) is 24.0 Å². The van der Waals surface area contributed by atoms with Crippen molar-refractivity contribution >= 4 is 21.1 Å². The van der Waals surface area contributed by atoms with Crippen molar-refractivity contribution in [1.29, 1.82) is 0 Å². The maximum absolute atomic E-state index is 12.8. The lowest BCUT2D eigenvalue weighted by molar-refractivity contribution is 0.309. The Morgan fingerprint density at radius 3 is 2.78 bits per heavy atom. The summed E-state index contributed by atoms with van der Waals surface area (Å²) in [5.74, 6) is 0.174. The van der Waals surface area contributed by atoms with Crippen LogP contribution in [-0.4, -0.2) is 46.2 Å². The van der Waals surface area contributed by atoms with Crippen LogP contribution in [0.15, 0.2) is 18.3 Å². The van der Waals surface area contributed by atoms with Gasteiger partial charge in [0.25, 0.3) is 0 Å². The zero-order valence-corrected chi connectivity index (χ0v) is 13.9. The maximum Gasteiger partial charge on any atom is 0.217 e. The number of nitrogens with zero attached hydrogens (tertiary/aromatic N) is 3. The molecule has 4 rings (SSSR count). The minimum absolute atomic E-state index is 0.163. The number of nitrogens with one attached hydrogen (secondary N) is 1. The lowest BCUT2D eigenvalue weighted by Crippen LogP contribution is -2.43. The van der Waals surface area contributed by atoms with E-state index in [2.05, 4.69) is 15.2 Å². The number of hydrogen-bond donors (Lipinski definition) is 1. The molecule has 0 unspecified atom stereocenters. The molecule has 6 nitrogen and oxygen atoms in total. The van der Waals surface area contributed by atoms with E-state index < -0.39 is 10.0 Å². The summed E-state index contributed by atoms with van der Waals surface area (Å²) in [5.41, 5.74) is 1.74. The van der Waals surface area contributed by atoms with Crippen LogP contribution in [0.5, 0.6) is 0 Å². The largest absolute Gasteiger partial charge is 0.261 e. The molecule has 1 saturated carbocycles. The van der Waals surface area contributed by atoms with Gasteiger partial charge in [0.15, 0.2) is 5.65 Å². The molecule has 0 radical (unpaired) electrons. The van der Waals surface area contributed by atoms with E-state index in [4.69, 9.17) is 0 Å². The number of aromatic amines is 1. The molecule has 1 N–H and O–H groups in total. The van der Waals surface area contributed by atoms with E-state index in [1.807, 2.05) is 12.1 Å². The van der Waals surface area contributed by atoms with Gasteiger partial charge in [-0.2, -0.15) is 5.10 Å². The molecule has 1 saturated heterocycles. The summed E-state index contributed by atoms with van der Waals surface area (Å²) in [6, 6.07) is 4.01. The van der Waals surface area contributed by atoms with E-state index in [0.29, 0.717) is 13.1 Å². The van der Waals surface area contributed by atoms with Crippen LogP contribution in [0.3, 0.4) is 0 Å². The number of hydrogen-bond acceptors (Lipinski definition) is 4. The number of piperidine rings is 1. The van der Waals surface area contributed by atoms with E-state index in [1.54, 1.807) is 10.5 Å². The standard InChI is InChI=1S/C16H22N4O2S/c21-23(22,14-5-1-2-6-14)20-9-3-4-13(11-20)15-8-7-12-10-17-19-16(12)18-15/h7-8,10,13-14H,1-6,9,11H2,(H,17,18,19)/t13-/m0/s1. The van der Waals surface area contributed by atoms with Crippen LogP contribution >= 0.6 is 0 Å². The highest BCUT2D eigenvalue weighted by atomic mass is 32.2. The number of pyridine rings is 1. The van der Waals surface area contributed by atoms with E-state index in [9.17, 15) is 8.42 Å². The molecule has 124 valence electrons. The van der Waals surface area contributed by atoms with Crippen molar-refractivity contribution in [2.24, 2.45) is 0 Å². The number of H-pyrrole nitrogens is 1. The smallest absolute Gasteiger partial charge is 0.217 e. The Hall–Kier alpha value is -1.47. The predicted octanol–water partition coefficient (Wildman–Crippen LogP) is 2.41. The molecule has 0 spiro atoms. The van der Waals surface area contributed by atoms with Crippen molar-refractivity contribution in [3.63, 3.8) is 0 Å². The van der Waals surface area contributed by atoms with Gasteiger partial charge in [0, 0.05) is 30.1 Å². The third-order valence-electron chi connectivity index (χ3n) is 5.21. The highest BCUT2D eigenvalue weighted by Gasteiger charge is 2.37. The molecule has 2 aromatic rings. The van der Waals surface area contributed by atoms with E-state index in [0.717, 1.165) is 55.3 Å². The normalized spacial score (nSPS) is 24.4. The maximum atomic E-state index is 12.8. The summed E-state index contributed by atoms with van der Waals surface area (Å²) < 4.78 is 27.4. The molecular formula is C16H22N4O2S. The molecule has 1 aliphatic carbocycles. The van der Waals surface area contributed by atoms with Gasteiger partial charge in [-0.1, -0.05) is 12.8 Å². The fraction of sp³-hybridized carbons (Fsp3) is 0.625. The average molecular weight is 334 g/mol. The van der Waals surface area contributed by atoms with Gasteiger partial charge in [0.2, 0.25) is 10.0 Å². The second-order valence-corrected chi connectivity index (χ2v) is 8.91. The number of aromatic nitrogens is 3. The lowest BCUT2D eigenvalue weighted by Gasteiger charge is -2.33. The quantitative estimate of drug-likeness (QED) is 0.935. The summed E-state index contributed by atoms with van der Waals surface area (Å²) in [7, 11) is -3.15. The first-order valence-corrected chi connectivity index (χ1v) is 9.94. The molecule has 2 fully saturated rings. The number of fused-ring (bicyclic) bond motifs is 1. The molecule has 0 bridgehead atoms. The minimum atomic E-state index is -3.15. The van der Waals surface area contributed by atoms with Crippen molar-refractivity contribution in [3.8, 4) is 0 Å². The summed E-state index contributed by atoms with van der Waals surface area (Å²) in [6.45, 7) is 1.22. The monoisotopic (exact) mass is 334 g/mol. The van der Waals surface area contributed by atoms with Gasteiger partial charge in [-0.05, 0) is 37.8 Å². The topological polar surface area (TPSA) is 79.0 Å². The van der Waals surface area contributed by atoms with Gasteiger partial charge in [-0.3, -0.25) is 5.10 Å². The van der Waals surface area contributed by atoms with Crippen LogP contribution in [0.25, 0.3) is 11.0 Å². The minimum Gasteiger partial charge on any atom is -0.261 e. The third kappa shape index (κ3) is 2.76. The van der Waals surface area contributed by atoms with Crippen molar-refractivity contribution in [2.75, 3.05) is 13.1 Å². The molecule has 23 heavy (non-hydrogen) atoms. The van der Waals surface area contributed by atoms with Crippen LogP contribution in [-0.2, 0) is 10.0 Å². The molecule has 1 aliphatic heterocycles. The summed E-state index contributed by atoms with van der Waals surface area (Å²) >= 11 is 0. The Bertz CT molecular complexity index is 795. The average Bonchev–Trinajstić information content (AvgIpc) is 3.26. The fourth-order valence-electron chi connectivity index (χ4n) is 3.88. The SMILES string of the molecule is O=S(=O)(C1CCCC1)N1CCC[C@H](c2ccc3cn[nH]c3n2)C1. The molecule has 2 aromatic heterocycles. The highest BCUT2D eigenvalue weighted by molar-refractivity contribution is 7.89. The Kier molecular flexibility index (Phi) is 3.85. The Morgan fingerprint density at radius 1 is 1.13 bits per heavy atom. The van der Waals surface area contributed by atoms with Gasteiger partial charge in [0.1, 0.15) is 0 Å². The van der Waals surface area contributed by atoms with Gasteiger partial charge in [-0.15, -0.1) is 0 Å². The Labute approximate surface area is 136 Å². The van der Waals surface area contributed by atoms with Gasteiger partial charge in [-0.25, -0.2) is 17.7 Å². The third-order valence-corrected chi connectivity index (χ3v) is 7.57. The van der Waals surface area contributed by atoms with Crippen LogP contribution in [0.1, 0.15) is 50.1 Å². The van der Waals surface area contributed by atoms with Gasteiger partial charge in [0.05, 0.1) is 11.4 Å². The summed E-state index contributed by atoms with van der Waals surface area (Å²) in [5, 5.41) is 7.72. The number of rotatable bonds is 3. The van der Waals surface area contributed by atoms with Crippen LogP contribution < -0.4 is 0 Å². The predicted molar refractivity (Wildman–Crippen MR) is 88.6 cm³/mol. The molecular weight excluding hydrogens is 312 g/mol. The second-order valence-electron chi connectivity index (χ2n) is 6.69. The van der Waals surface area contributed by atoms with E-state index in [1.165, 1.54) is 0 Å². The zero-order chi connectivity index (χ0) is 15.9. The van der Waals surface area contributed by atoms with Gasteiger partial charge >= 0.3 is 0 Å². The molecule has 3 heterocycles. The summed E-state index contributed by atoms with van der Waals surface area (Å²) in [6.07, 6.45) is 7.37. The van der Waals surface area contributed by atoms with Gasteiger partial charge < -0.3 is 0 Å². The molecule has 0 aromatic carbocycles. The molecule has 0 amide bonds. The molecule has 1 atom stereocenters. The Morgan fingerprint density at radius 2 is 1.96 bits per heavy atom. The van der Waals surface area contributed by atoms with Crippen LogP contribution in [0, 0.1) is 0 Å². The van der Waals surface area contributed by atoms with Crippen molar-refractivity contribution in [1.82, 2.24) is 19.5 Å². The Balaban J connectivity index is 1.56. The highest BCUT2D eigenvalue weighted by Crippen LogP contribution is 2.32. The first-order chi connectivity index (χ1) is 11.1. The van der Waals surface area contributed by atoms with E-state index in [-0.39, 0.29) is 11.2 Å². The fourth-order valence-corrected chi connectivity index (χ4v) is 6.00.